The third-order valence-corrected chi connectivity index (χ3v) is 6.90. The lowest BCUT2D eigenvalue weighted by molar-refractivity contribution is -0.151. The highest BCUT2D eigenvalue weighted by Gasteiger charge is 2.26. The molecular weight excluding hydrogens is 424 g/mol. The van der Waals surface area contributed by atoms with E-state index in [1.807, 2.05) is 0 Å². The predicted octanol–water partition coefficient (Wildman–Crippen LogP) is 8.90. The summed E-state index contributed by atoms with van der Waals surface area (Å²) in [5.74, 6) is 1.91. The van der Waals surface area contributed by atoms with Gasteiger partial charge in [-0.3, -0.25) is 9.59 Å². The molecule has 0 bridgehead atoms. The van der Waals surface area contributed by atoms with Gasteiger partial charge in [0.05, 0.1) is 19.1 Å². The van der Waals surface area contributed by atoms with Crippen molar-refractivity contribution in [1.82, 2.24) is 0 Å². The molecule has 2 atom stereocenters. The third-order valence-electron chi connectivity index (χ3n) is 6.90. The molecule has 202 valence electrons. The summed E-state index contributed by atoms with van der Waals surface area (Å²) in [6, 6.07) is 0. The second-order valence-corrected chi connectivity index (χ2v) is 11.0. The van der Waals surface area contributed by atoms with Crippen LogP contribution in [-0.2, 0) is 19.1 Å². The van der Waals surface area contributed by atoms with Gasteiger partial charge in [0.1, 0.15) is 0 Å². The number of ether oxygens (including phenoxy) is 2. The molecule has 0 spiro atoms. The molecule has 0 saturated carbocycles. The summed E-state index contributed by atoms with van der Waals surface area (Å²) < 4.78 is 10.9. The second-order valence-electron chi connectivity index (χ2n) is 11.0. The minimum Gasteiger partial charge on any atom is -0.466 e. The largest absolute Gasteiger partial charge is 0.466 e. The van der Waals surface area contributed by atoms with Crippen molar-refractivity contribution in [1.29, 1.82) is 0 Å². The minimum atomic E-state index is -0.0345. The Labute approximate surface area is 212 Å². The molecule has 0 fully saturated rings. The van der Waals surface area contributed by atoms with Gasteiger partial charge in [0.15, 0.2) is 0 Å². The first-order valence-electron chi connectivity index (χ1n) is 14.6. The number of rotatable bonds is 23. The standard InChI is InChI=1S/C30H58O4/c1-7-27(28(8-2)30(32)34-24-18-16-20-26(5)6)21-13-11-9-10-12-14-22-29(31)33-23-17-15-19-25(3)4/h25-28H,7-24H2,1-6H3. The molecule has 2 unspecified atom stereocenters. The molecule has 0 saturated heterocycles. The van der Waals surface area contributed by atoms with E-state index in [-0.39, 0.29) is 17.9 Å². The SMILES string of the molecule is CCC(CCCCCCCCC(=O)OCCCCC(C)C)C(CC)C(=O)OCCCCC(C)C. The summed E-state index contributed by atoms with van der Waals surface area (Å²) in [6.45, 7) is 14.4. The van der Waals surface area contributed by atoms with Gasteiger partial charge in [0.2, 0.25) is 0 Å². The van der Waals surface area contributed by atoms with E-state index in [0.717, 1.165) is 63.7 Å². The van der Waals surface area contributed by atoms with E-state index in [0.29, 0.717) is 31.5 Å². The van der Waals surface area contributed by atoms with Gasteiger partial charge in [0.25, 0.3) is 0 Å². The Morgan fingerprint density at radius 3 is 1.62 bits per heavy atom. The molecule has 0 radical (unpaired) electrons. The van der Waals surface area contributed by atoms with Crippen LogP contribution in [0.1, 0.15) is 144 Å². The molecule has 0 aromatic carbocycles. The zero-order valence-electron chi connectivity index (χ0n) is 23.7. The van der Waals surface area contributed by atoms with Gasteiger partial charge in [0, 0.05) is 6.42 Å². The highest BCUT2D eigenvalue weighted by Crippen LogP contribution is 2.27. The molecule has 0 heterocycles. The lowest BCUT2D eigenvalue weighted by Crippen LogP contribution is -2.25. The minimum absolute atomic E-state index is 0.0192. The molecule has 0 N–H and O–H groups in total. The molecule has 0 aliphatic rings. The number of carbonyl (C=O) groups is 2. The summed E-state index contributed by atoms with van der Waals surface area (Å²) >= 11 is 0. The van der Waals surface area contributed by atoms with Crippen LogP contribution in [0, 0.1) is 23.7 Å². The maximum Gasteiger partial charge on any atom is 0.309 e. The molecule has 34 heavy (non-hydrogen) atoms. The summed E-state index contributed by atoms with van der Waals surface area (Å²) in [6.07, 6.45) is 17.0. The van der Waals surface area contributed by atoms with Crippen LogP contribution in [0.5, 0.6) is 0 Å². The molecule has 0 aliphatic heterocycles. The third kappa shape index (κ3) is 19.3. The fraction of sp³-hybridized carbons (Fsp3) is 0.933. The first-order chi connectivity index (χ1) is 16.3. The van der Waals surface area contributed by atoms with Crippen LogP contribution in [0.4, 0.5) is 0 Å². The Balaban J connectivity index is 3.83. The van der Waals surface area contributed by atoms with Gasteiger partial charge < -0.3 is 9.47 Å². The molecule has 4 heteroatoms. The van der Waals surface area contributed by atoms with E-state index in [1.54, 1.807) is 0 Å². The average Bonchev–Trinajstić information content (AvgIpc) is 2.79. The van der Waals surface area contributed by atoms with Crippen LogP contribution in [-0.4, -0.2) is 25.2 Å². The van der Waals surface area contributed by atoms with Gasteiger partial charge in [-0.15, -0.1) is 0 Å². The highest BCUT2D eigenvalue weighted by molar-refractivity contribution is 5.72. The summed E-state index contributed by atoms with van der Waals surface area (Å²) in [4.78, 5) is 24.4. The Hall–Kier alpha value is -1.06. The van der Waals surface area contributed by atoms with Gasteiger partial charge >= 0.3 is 11.9 Å². The topological polar surface area (TPSA) is 52.6 Å². The van der Waals surface area contributed by atoms with Crippen LogP contribution >= 0.6 is 0 Å². The van der Waals surface area contributed by atoms with E-state index in [2.05, 4.69) is 41.5 Å². The molecule has 0 amide bonds. The monoisotopic (exact) mass is 482 g/mol. The maximum atomic E-state index is 12.6. The van der Waals surface area contributed by atoms with Crippen molar-refractivity contribution < 1.29 is 19.1 Å². The normalized spacial score (nSPS) is 13.3. The Kier molecular flexibility index (Phi) is 21.7. The number of carbonyl (C=O) groups excluding carboxylic acids is 2. The van der Waals surface area contributed by atoms with Crippen LogP contribution < -0.4 is 0 Å². The van der Waals surface area contributed by atoms with E-state index in [1.165, 1.54) is 38.5 Å². The number of unbranched alkanes of at least 4 members (excludes halogenated alkanes) is 7. The van der Waals surface area contributed by atoms with E-state index < -0.39 is 0 Å². The van der Waals surface area contributed by atoms with E-state index >= 15 is 0 Å². The summed E-state index contributed by atoms with van der Waals surface area (Å²) in [5.41, 5.74) is 0. The van der Waals surface area contributed by atoms with Crippen molar-refractivity contribution in [2.24, 2.45) is 23.7 Å². The summed E-state index contributed by atoms with van der Waals surface area (Å²) in [5, 5.41) is 0. The number of esters is 2. The van der Waals surface area contributed by atoms with Crippen molar-refractivity contribution >= 4 is 11.9 Å². The molecule has 4 nitrogen and oxygen atoms in total. The van der Waals surface area contributed by atoms with Crippen LogP contribution in [0.3, 0.4) is 0 Å². The van der Waals surface area contributed by atoms with Crippen molar-refractivity contribution in [2.45, 2.75) is 144 Å². The van der Waals surface area contributed by atoms with Gasteiger partial charge in [-0.2, -0.15) is 0 Å². The Morgan fingerprint density at radius 1 is 0.588 bits per heavy atom. The first kappa shape index (κ1) is 32.9. The molecule has 0 aromatic rings. The van der Waals surface area contributed by atoms with E-state index in [4.69, 9.17) is 9.47 Å². The van der Waals surface area contributed by atoms with Crippen molar-refractivity contribution in [3.05, 3.63) is 0 Å². The zero-order chi connectivity index (χ0) is 25.6. The van der Waals surface area contributed by atoms with Crippen molar-refractivity contribution in [3.63, 3.8) is 0 Å². The first-order valence-corrected chi connectivity index (χ1v) is 14.6. The summed E-state index contributed by atoms with van der Waals surface area (Å²) in [7, 11) is 0. The molecular formula is C30H58O4. The van der Waals surface area contributed by atoms with Crippen LogP contribution in [0.2, 0.25) is 0 Å². The van der Waals surface area contributed by atoms with Crippen LogP contribution in [0.25, 0.3) is 0 Å². The average molecular weight is 483 g/mol. The molecule has 0 aromatic heterocycles. The predicted molar refractivity (Wildman–Crippen MR) is 144 cm³/mol. The molecule has 0 aliphatic carbocycles. The fourth-order valence-corrected chi connectivity index (χ4v) is 4.61. The number of hydrogen-bond acceptors (Lipinski definition) is 4. The smallest absolute Gasteiger partial charge is 0.309 e. The Morgan fingerprint density at radius 2 is 1.09 bits per heavy atom. The van der Waals surface area contributed by atoms with Crippen LogP contribution in [0.15, 0.2) is 0 Å². The van der Waals surface area contributed by atoms with Crippen molar-refractivity contribution in [3.8, 4) is 0 Å². The quantitative estimate of drug-likeness (QED) is 0.108. The van der Waals surface area contributed by atoms with Gasteiger partial charge in [-0.1, -0.05) is 92.9 Å². The van der Waals surface area contributed by atoms with E-state index in [9.17, 15) is 9.59 Å². The van der Waals surface area contributed by atoms with Crippen molar-refractivity contribution in [2.75, 3.05) is 13.2 Å². The maximum absolute atomic E-state index is 12.6. The lowest BCUT2D eigenvalue weighted by atomic mass is 9.84. The lowest BCUT2D eigenvalue weighted by Gasteiger charge is -2.24. The highest BCUT2D eigenvalue weighted by atomic mass is 16.5. The fourth-order valence-electron chi connectivity index (χ4n) is 4.61. The Bertz CT molecular complexity index is 486. The second kappa shape index (κ2) is 22.4. The number of hydrogen-bond donors (Lipinski definition) is 0. The zero-order valence-corrected chi connectivity index (χ0v) is 23.7. The molecule has 0 rings (SSSR count). The van der Waals surface area contributed by atoms with Gasteiger partial charge in [-0.05, 0) is 62.7 Å². The van der Waals surface area contributed by atoms with Gasteiger partial charge in [-0.25, -0.2) is 0 Å².